The average Bonchev–Trinajstić information content (AvgIpc) is 3.55. The van der Waals surface area contributed by atoms with Crippen molar-refractivity contribution in [3.8, 4) is 11.8 Å². The molecule has 0 aromatic heterocycles. The second-order valence-electron chi connectivity index (χ2n) is 7.29. The summed E-state index contributed by atoms with van der Waals surface area (Å²) in [6, 6.07) is 8.97. The first-order valence-corrected chi connectivity index (χ1v) is 9.84. The van der Waals surface area contributed by atoms with Crippen LogP contribution in [0.3, 0.4) is 0 Å². The van der Waals surface area contributed by atoms with Crippen LogP contribution >= 0.6 is 0 Å². The smallest absolute Gasteiger partial charge is 0.251 e. The number of carbonyl (C=O) groups excluding carboxylic acids is 1. The normalized spacial score (nSPS) is 17.4. The van der Waals surface area contributed by atoms with Gasteiger partial charge in [-0.05, 0) is 31.0 Å². The van der Waals surface area contributed by atoms with Crippen molar-refractivity contribution in [1.29, 1.82) is 5.26 Å². The maximum Gasteiger partial charge on any atom is 0.251 e. The molecule has 5 N–H and O–H groups in total. The van der Waals surface area contributed by atoms with E-state index in [4.69, 9.17) is 21.6 Å². The Morgan fingerprint density at radius 1 is 1.29 bits per heavy atom. The molecular weight excluding hydrogens is 354 g/mol. The van der Waals surface area contributed by atoms with Crippen molar-refractivity contribution in [2.24, 2.45) is 11.6 Å². The van der Waals surface area contributed by atoms with Gasteiger partial charge in [0.15, 0.2) is 0 Å². The number of methoxy groups -OCH3 is 1. The molecule has 0 unspecified atom stereocenters. The summed E-state index contributed by atoms with van der Waals surface area (Å²) in [6.45, 7) is 0.144. The molecule has 152 valence electrons. The van der Waals surface area contributed by atoms with Gasteiger partial charge in [-0.15, -0.1) is 0 Å². The molecule has 28 heavy (non-hydrogen) atoms. The first-order valence-electron chi connectivity index (χ1n) is 9.84. The Morgan fingerprint density at radius 3 is 2.39 bits per heavy atom. The third-order valence-corrected chi connectivity index (χ3v) is 5.02. The lowest BCUT2D eigenvalue weighted by Gasteiger charge is -2.20. The SMILES string of the molecule is C1CCCCC1.COc1cccc(C(=O)NC/C(N)=C/N(N)C2(C#N)CC2)c1. The lowest BCUT2D eigenvalue weighted by Crippen LogP contribution is -2.39. The summed E-state index contributed by atoms with van der Waals surface area (Å²) < 4.78 is 5.07. The predicted molar refractivity (Wildman–Crippen MR) is 109 cm³/mol. The highest BCUT2D eigenvalue weighted by atomic mass is 16.5. The molecule has 0 spiro atoms. The summed E-state index contributed by atoms with van der Waals surface area (Å²) in [6.07, 6.45) is 11.9. The van der Waals surface area contributed by atoms with Gasteiger partial charge in [0, 0.05) is 17.5 Å². The van der Waals surface area contributed by atoms with Crippen LogP contribution in [-0.4, -0.2) is 30.1 Å². The number of carbonyl (C=O) groups is 1. The van der Waals surface area contributed by atoms with E-state index in [-0.39, 0.29) is 12.5 Å². The molecule has 7 heteroatoms. The molecule has 7 nitrogen and oxygen atoms in total. The van der Waals surface area contributed by atoms with Crippen LogP contribution in [0.25, 0.3) is 0 Å². The molecular formula is C21H31N5O2. The van der Waals surface area contributed by atoms with Crippen molar-refractivity contribution in [1.82, 2.24) is 10.3 Å². The fourth-order valence-corrected chi connectivity index (χ4v) is 3.00. The standard InChI is InChI=1S/C15H19N5O2.C6H12/c1-22-13-4-2-3-11(7-13)14(21)19-8-12(17)9-20(18)15(10-16)5-6-15;1-2-4-6-5-3-1/h2-4,7,9H,5-6,8,17-18H2,1H3,(H,19,21);1-6H2/b12-9-;. The van der Waals surface area contributed by atoms with Gasteiger partial charge in [-0.1, -0.05) is 44.6 Å². The van der Waals surface area contributed by atoms with Gasteiger partial charge in [-0.2, -0.15) is 5.26 Å². The van der Waals surface area contributed by atoms with Crippen LogP contribution in [-0.2, 0) is 0 Å². The minimum absolute atomic E-state index is 0.144. The summed E-state index contributed by atoms with van der Waals surface area (Å²) in [5.74, 6) is 6.15. The van der Waals surface area contributed by atoms with Crippen molar-refractivity contribution in [2.45, 2.75) is 56.9 Å². The fourth-order valence-electron chi connectivity index (χ4n) is 3.00. The number of hydrogen-bond donors (Lipinski definition) is 3. The molecule has 0 aliphatic heterocycles. The summed E-state index contributed by atoms with van der Waals surface area (Å²) in [4.78, 5) is 12.0. The number of nitrogens with zero attached hydrogens (tertiary/aromatic N) is 2. The van der Waals surface area contributed by atoms with Crippen molar-refractivity contribution in [3.63, 3.8) is 0 Å². The molecule has 1 aromatic carbocycles. The predicted octanol–water partition coefficient (Wildman–Crippen LogP) is 2.80. The topological polar surface area (TPSA) is 117 Å². The van der Waals surface area contributed by atoms with Crippen LogP contribution in [0.2, 0.25) is 0 Å². The second kappa shape index (κ2) is 10.6. The van der Waals surface area contributed by atoms with Crippen molar-refractivity contribution < 1.29 is 9.53 Å². The molecule has 0 heterocycles. The van der Waals surface area contributed by atoms with Gasteiger partial charge in [-0.3, -0.25) is 9.80 Å². The minimum atomic E-state index is -0.637. The molecule has 0 saturated heterocycles. The number of nitriles is 1. The lowest BCUT2D eigenvalue weighted by atomic mass is 10.0. The molecule has 3 rings (SSSR count). The first-order chi connectivity index (χ1) is 13.5. The minimum Gasteiger partial charge on any atom is -0.497 e. The number of hydrogen-bond acceptors (Lipinski definition) is 6. The third kappa shape index (κ3) is 6.46. The summed E-state index contributed by atoms with van der Waals surface area (Å²) in [5, 5.41) is 13.0. The molecule has 2 saturated carbocycles. The molecule has 2 aliphatic rings. The number of nitrogens with one attached hydrogen (secondary N) is 1. The average molecular weight is 386 g/mol. The van der Waals surface area contributed by atoms with Crippen molar-refractivity contribution >= 4 is 5.91 Å². The zero-order chi connectivity index (χ0) is 20.4. The van der Waals surface area contributed by atoms with Crippen LogP contribution in [0.1, 0.15) is 61.7 Å². The largest absolute Gasteiger partial charge is 0.497 e. The van der Waals surface area contributed by atoms with E-state index in [0.29, 0.717) is 17.0 Å². The van der Waals surface area contributed by atoms with E-state index in [1.807, 2.05) is 0 Å². The van der Waals surface area contributed by atoms with Gasteiger partial charge >= 0.3 is 0 Å². The summed E-state index contributed by atoms with van der Waals surface area (Å²) >= 11 is 0. The Bertz CT molecular complexity index is 706. The van der Waals surface area contributed by atoms with E-state index in [2.05, 4.69) is 11.4 Å². The number of nitrogens with two attached hydrogens (primary N) is 2. The van der Waals surface area contributed by atoms with Crippen LogP contribution < -0.4 is 21.6 Å². The highest BCUT2D eigenvalue weighted by Crippen LogP contribution is 2.39. The van der Waals surface area contributed by atoms with Gasteiger partial charge in [0.05, 0.1) is 19.7 Å². The van der Waals surface area contributed by atoms with Crippen LogP contribution in [0.4, 0.5) is 0 Å². The summed E-state index contributed by atoms with van der Waals surface area (Å²) in [7, 11) is 1.54. The molecule has 0 bridgehead atoms. The number of rotatable bonds is 6. The number of benzene rings is 1. The Kier molecular flexibility index (Phi) is 8.15. The Morgan fingerprint density at radius 2 is 1.89 bits per heavy atom. The molecule has 0 radical (unpaired) electrons. The van der Waals surface area contributed by atoms with Gasteiger partial charge < -0.3 is 15.8 Å². The zero-order valence-electron chi connectivity index (χ0n) is 16.6. The molecule has 2 aliphatic carbocycles. The van der Waals surface area contributed by atoms with Gasteiger partial charge in [0.25, 0.3) is 5.91 Å². The highest BCUT2D eigenvalue weighted by molar-refractivity contribution is 5.94. The van der Waals surface area contributed by atoms with Gasteiger partial charge in [0.1, 0.15) is 11.3 Å². The second-order valence-corrected chi connectivity index (χ2v) is 7.29. The Balaban J connectivity index is 0.000000397. The van der Waals surface area contributed by atoms with Gasteiger partial charge in [0.2, 0.25) is 0 Å². The molecule has 1 aromatic rings. The van der Waals surface area contributed by atoms with E-state index in [9.17, 15) is 4.79 Å². The lowest BCUT2D eigenvalue weighted by molar-refractivity contribution is 0.0956. The maximum atomic E-state index is 12.0. The van der Waals surface area contributed by atoms with E-state index >= 15 is 0 Å². The molecule has 1 amide bonds. The maximum absolute atomic E-state index is 12.0. The van der Waals surface area contributed by atoms with Crippen molar-refractivity contribution in [2.75, 3.05) is 13.7 Å². The fraction of sp³-hybridized carbons (Fsp3) is 0.524. The quantitative estimate of drug-likeness (QED) is 0.512. The number of amides is 1. The Labute approximate surface area is 167 Å². The van der Waals surface area contributed by atoms with Crippen LogP contribution in [0, 0.1) is 11.3 Å². The highest BCUT2D eigenvalue weighted by Gasteiger charge is 2.47. The van der Waals surface area contributed by atoms with Crippen molar-refractivity contribution in [3.05, 3.63) is 41.7 Å². The van der Waals surface area contributed by atoms with E-state index in [1.165, 1.54) is 56.8 Å². The van der Waals surface area contributed by atoms with Crippen LogP contribution in [0.5, 0.6) is 5.75 Å². The number of ether oxygens (including phenoxy) is 1. The third-order valence-electron chi connectivity index (χ3n) is 5.02. The van der Waals surface area contributed by atoms with E-state index < -0.39 is 5.54 Å². The summed E-state index contributed by atoms with van der Waals surface area (Å²) in [5.41, 5.74) is 6.04. The first kappa shape index (κ1) is 21.6. The molecule has 2 fully saturated rings. The van der Waals surface area contributed by atoms with E-state index in [1.54, 1.807) is 24.3 Å². The molecule has 0 atom stereocenters. The van der Waals surface area contributed by atoms with E-state index in [0.717, 1.165) is 12.8 Å². The zero-order valence-corrected chi connectivity index (χ0v) is 16.6. The number of hydrazine groups is 1. The van der Waals surface area contributed by atoms with Crippen LogP contribution in [0.15, 0.2) is 36.2 Å². The monoisotopic (exact) mass is 385 g/mol. The van der Waals surface area contributed by atoms with Gasteiger partial charge in [-0.25, -0.2) is 5.84 Å². The Hall–Kier alpha value is -2.72.